The van der Waals surface area contributed by atoms with Gasteiger partial charge in [0.15, 0.2) is 0 Å². The molecule has 1 nitrogen and oxygen atoms in total. The van der Waals surface area contributed by atoms with Crippen LogP contribution in [-0.4, -0.2) is 24.5 Å². The molecule has 3 unspecified atom stereocenters. The first-order valence-electron chi connectivity index (χ1n) is 8.65. The fraction of sp³-hybridized carbons (Fsp3) is 1.00. The summed E-state index contributed by atoms with van der Waals surface area (Å²) in [6.45, 7) is 13.1. The summed E-state index contributed by atoms with van der Waals surface area (Å²) in [6, 6.07) is 0.684. The molecule has 0 bridgehead atoms. The Hall–Kier alpha value is -0.0400. The van der Waals surface area contributed by atoms with Crippen molar-refractivity contribution in [3.8, 4) is 0 Å². The second-order valence-electron chi connectivity index (χ2n) is 7.47. The lowest BCUT2D eigenvalue weighted by Crippen LogP contribution is -2.34. The van der Waals surface area contributed by atoms with E-state index >= 15 is 0 Å². The van der Waals surface area contributed by atoms with E-state index in [9.17, 15) is 0 Å². The van der Waals surface area contributed by atoms with Crippen LogP contribution in [0.3, 0.4) is 0 Å². The Kier molecular flexibility index (Phi) is 7.42. The van der Waals surface area contributed by atoms with Crippen LogP contribution in [0.15, 0.2) is 0 Å². The normalized spacial score (nSPS) is 27.0. The summed E-state index contributed by atoms with van der Waals surface area (Å²) in [7, 11) is 2.29. The van der Waals surface area contributed by atoms with E-state index in [4.69, 9.17) is 0 Å². The summed E-state index contributed by atoms with van der Waals surface area (Å²) in [5.74, 6) is 3.77. The lowest BCUT2D eigenvalue weighted by atomic mass is 9.83. The van der Waals surface area contributed by atoms with E-state index in [0.29, 0.717) is 6.04 Å². The van der Waals surface area contributed by atoms with Gasteiger partial charge in [-0.15, -0.1) is 0 Å². The van der Waals surface area contributed by atoms with Gasteiger partial charge in [-0.1, -0.05) is 46.5 Å². The van der Waals surface area contributed by atoms with Gasteiger partial charge in [-0.2, -0.15) is 0 Å². The first kappa shape index (κ1) is 17.0. The van der Waals surface area contributed by atoms with Crippen molar-refractivity contribution in [1.29, 1.82) is 0 Å². The number of nitrogens with zero attached hydrogens (tertiary/aromatic N) is 1. The van der Waals surface area contributed by atoms with Crippen molar-refractivity contribution in [3.63, 3.8) is 0 Å². The molecule has 0 N–H and O–H groups in total. The summed E-state index contributed by atoms with van der Waals surface area (Å²) in [4.78, 5) is 2.54. The van der Waals surface area contributed by atoms with Gasteiger partial charge < -0.3 is 4.90 Å². The van der Waals surface area contributed by atoms with Gasteiger partial charge in [0.25, 0.3) is 0 Å². The van der Waals surface area contributed by atoms with E-state index in [0.717, 1.165) is 23.7 Å². The largest absolute Gasteiger partial charge is 0.304 e. The molecule has 1 saturated carbocycles. The maximum absolute atomic E-state index is 2.54. The number of rotatable bonds is 6. The molecule has 0 radical (unpaired) electrons. The molecule has 19 heavy (non-hydrogen) atoms. The molecule has 0 aromatic rings. The molecule has 0 saturated heterocycles. The molecule has 0 heterocycles. The topological polar surface area (TPSA) is 3.24 Å². The lowest BCUT2D eigenvalue weighted by Gasteiger charge is -2.31. The van der Waals surface area contributed by atoms with Gasteiger partial charge in [-0.05, 0) is 57.4 Å². The minimum Gasteiger partial charge on any atom is -0.304 e. The predicted octanol–water partition coefficient (Wildman–Crippen LogP) is 5.21. The van der Waals surface area contributed by atoms with E-state index in [1.165, 1.54) is 45.1 Å². The zero-order valence-corrected chi connectivity index (χ0v) is 14.3. The third-order valence-electron chi connectivity index (χ3n) is 5.60. The number of hydrogen-bond acceptors (Lipinski definition) is 1. The Labute approximate surface area is 122 Å². The standard InChI is InChI=1S/C18H37N/c1-7-16(13-19(6)15(4)5)18-10-8-9-17(11-12-18)14(2)3/h14-18H,7-13H2,1-6H3. The fourth-order valence-corrected chi connectivity index (χ4v) is 3.69. The van der Waals surface area contributed by atoms with Crippen LogP contribution >= 0.6 is 0 Å². The minimum atomic E-state index is 0.684. The summed E-state index contributed by atoms with van der Waals surface area (Å²) in [6.07, 6.45) is 8.74. The Morgan fingerprint density at radius 3 is 2.05 bits per heavy atom. The highest BCUT2D eigenvalue weighted by Gasteiger charge is 2.26. The van der Waals surface area contributed by atoms with Crippen molar-refractivity contribution >= 4 is 0 Å². The molecular formula is C18H37N. The first-order chi connectivity index (χ1) is 8.95. The highest BCUT2D eigenvalue weighted by molar-refractivity contribution is 4.78. The summed E-state index contributed by atoms with van der Waals surface area (Å²) < 4.78 is 0. The Morgan fingerprint density at radius 1 is 0.947 bits per heavy atom. The Balaban J connectivity index is 2.52. The monoisotopic (exact) mass is 267 g/mol. The molecule has 1 aliphatic rings. The molecule has 0 aromatic heterocycles. The highest BCUT2D eigenvalue weighted by atomic mass is 15.1. The molecule has 1 rings (SSSR count). The van der Waals surface area contributed by atoms with Crippen LogP contribution < -0.4 is 0 Å². The summed E-state index contributed by atoms with van der Waals surface area (Å²) in [5.41, 5.74) is 0. The molecule has 1 aliphatic carbocycles. The smallest absolute Gasteiger partial charge is 0.00356 e. The van der Waals surface area contributed by atoms with Crippen LogP contribution in [0.25, 0.3) is 0 Å². The van der Waals surface area contributed by atoms with Gasteiger partial charge in [0, 0.05) is 12.6 Å². The van der Waals surface area contributed by atoms with Gasteiger partial charge in [0.05, 0.1) is 0 Å². The molecule has 1 fully saturated rings. The zero-order valence-electron chi connectivity index (χ0n) is 14.3. The first-order valence-corrected chi connectivity index (χ1v) is 8.65. The molecule has 0 amide bonds. The second kappa shape index (κ2) is 8.29. The van der Waals surface area contributed by atoms with Crippen LogP contribution in [0, 0.1) is 23.7 Å². The lowest BCUT2D eigenvalue weighted by molar-refractivity contribution is 0.172. The Bertz CT molecular complexity index is 234. The molecule has 3 atom stereocenters. The second-order valence-corrected chi connectivity index (χ2v) is 7.47. The van der Waals surface area contributed by atoms with Gasteiger partial charge in [-0.3, -0.25) is 0 Å². The summed E-state index contributed by atoms with van der Waals surface area (Å²) >= 11 is 0. The Morgan fingerprint density at radius 2 is 1.53 bits per heavy atom. The SMILES string of the molecule is CCC(CN(C)C(C)C)C1CCCC(C(C)C)CC1. The van der Waals surface area contributed by atoms with Crippen LogP contribution in [-0.2, 0) is 0 Å². The van der Waals surface area contributed by atoms with Gasteiger partial charge in [0.1, 0.15) is 0 Å². The van der Waals surface area contributed by atoms with Crippen molar-refractivity contribution in [1.82, 2.24) is 4.90 Å². The van der Waals surface area contributed by atoms with E-state index in [1.54, 1.807) is 0 Å². The number of hydrogen-bond donors (Lipinski definition) is 0. The highest BCUT2D eigenvalue weighted by Crippen LogP contribution is 2.36. The fourth-order valence-electron chi connectivity index (χ4n) is 3.69. The molecule has 0 aromatic carbocycles. The van der Waals surface area contributed by atoms with Gasteiger partial charge >= 0.3 is 0 Å². The van der Waals surface area contributed by atoms with Crippen LogP contribution in [0.1, 0.15) is 73.1 Å². The molecular weight excluding hydrogens is 230 g/mol. The van der Waals surface area contributed by atoms with E-state index in [2.05, 4.69) is 46.6 Å². The van der Waals surface area contributed by atoms with Gasteiger partial charge in [-0.25, -0.2) is 0 Å². The molecule has 1 heteroatoms. The van der Waals surface area contributed by atoms with Crippen molar-refractivity contribution in [3.05, 3.63) is 0 Å². The maximum atomic E-state index is 2.54. The van der Waals surface area contributed by atoms with Crippen molar-refractivity contribution < 1.29 is 0 Å². The van der Waals surface area contributed by atoms with Crippen LogP contribution in [0.5, 0.6) is 0 Å². The average molecular weight is 268 g/mol. The third-order valence-corrected chi connectivity index (χ3v) is 5.60. The van der Waals surface area contributed by atoms with Crippen molar-refractivity contribution in [2.45, 2.75) is 79.2 Å². The van der Waals surface area contributed by atoms with Crippen LogP contribution in [0.2, 0.25) is 0 Å². The van der Waals surface area contributed by atoms with E-state index in [-0.39, 0.29) is 0 Å². The maximum Gasteiger partial charge on any atom is 0.00356 e. The van der Waals surface area contributed by atoms with Crippen molar-refractivity contribution in [2.24, 2.45) is 23.7 Å². The molecule has 0 spiro atoms. The average Bonchev–Trinajstić information content (AvgIpc) is 2.61. The third kappa shape index (κ3) is 5.45. The van der Waals surface area contributed by atoms with E-state index < -0.39 is 0 Å². The predicted molar refractivity (Wildman–Crippen MR) is 86.5 cm³/mol. The molecule has 114 valence electrons. The van der Waals surface area contributed by atoms with Crippen molar-refractivity contribution in [2.75, 3.05) is 13.6 Å². The minimum absolute atomic E-state index is 0.684. The van der Waals surface area contributed by atoms with Crippen LogP contribution in [0.4, 0.5) is 0 Å². The molecule has 0 aliphatic heterocycles. The van der Waals surface area contributed by atoms with Gasteiger partial charge in [0.2, 0.25) is 0 Å². The quantitative estimate of drug-likeness (QED) is 0.597. The summed E-state index contributed by atoms with van der Waals surface area (Å²) in [5, 5.41) is 0. The zero-order chi connectivity index (χ0) is 14.4. The van der Waals surface area contributed by atoms with E-state index in [1.807, 2.05) is 0 Å².